The van der Waals surface area contributed by atoms with Gasteiger partial charge in [0, 0.05) is 12.1 Å². The molecule has 6 heteroatoms. The highest BCUT2D eigenvalue weighted by Gasteiger charge is 2.12. The first-order valence-electron chi connectivity index (χ1n) is 9.17. The van der Waals surface area contributed by atoms with Gasteiger partial charge in [-0.2, -0.15) is 0 Å². The lowest BCUT2D eigenvalue weighted by molar-refractivity contribution is -0.116. The molecule has 3 aromatic rings. The van der Waals surface area contributed by atoms with Gasteiger partial charge in [-0.05, 0) is 36.1 Å². The van der Waals surface area contributed by atoms with Crippen LogP contribution in [-0.4, -0.2) is 15.7 Å². The van der Waals surface area contributed by atoms with Crippen LogP contribution >= 0.6 is 0 Å². The Morgan fingerprint density at radius 1 is 0.963 bits per heavy atom. The van der Waals surface area contributed by atoms with Gasteiger partial charge < -0.3 is 5.32 Å². The molecular formula is C21H23N3O3. The van der Waals surface area contributed by atoms with E-state index in [2.05, 4.69) is 10.4 Å². The summed E-state index contributed by atoms with van der Waals surface area (Å²) in [7, 11) is 0. The standard InChI is InChI=1S/C21H23N3O3/c1-3-14-8-7-9-15(4-2)19(14)22-18(25)12-13-24-21(27)17-11-6-5-10-16(17)20(26)23-24/h5-11H,3-4,12-13H2,1-2H3,(H,22,25)(H,23,26). The number of aromatic amines is 1. The van der Waals surface area contributed by atoms with Gasteiger partial charge in [-0.3, -0.25) is 19.5 Å². The number of hydrogen-bond donors (Lipinski definition) is 2. The Labute approximate surface area is 156 Å². The summed E-state index contributed by atoms with van der Waals surface area (Å²) in [5.41, 5.74) is 2.38. The molecule has 0 radical (unpaired) electrons. The highest BCUT2D eigenvalue weighted by molar-refractivity contribution is 5.92. The van der Waals surface area contributed by atoms with Gasteiger partial charge in [0.05, 0.1) is 17.3 Å². The molecule has 0 saturated carbocycles. The minimum absolute atomic E-state index is 0.0926. The van der Waals surface area contributed by atoms with Crippen molar-refractivity contribution in [2.45, 2.75) is 39.7 Å². The van der Waals surface area contributed by atoms with E-state index in [4.69, 9.17) is 0 Å². The van der Waals surface area contributed by atoms with Crippen molar-refractivity contribution >= 4 is 22.4 Å². The average Bonchev–Trinajstić information content (AvgIpc) is 2.69. The molecule has 0 saturated heterocycles. The number of anilines is 1. The zero-order chi connectivity index (χ0) is 19.4. The second-order valence-electron chi connectivity index (χ2n) is 6.40. The first kappa shape index (κ1) is 18.6. The Bertz CT molecular complexity index is 1070. The van der Waals surface area contributed by atoms with Crippen LogP contribution in [0.2, 0.25) is 0 Å². The van der Waals surface area contributed by atoms with Crippen LogP contribution in [-0.2, 0) is 24.2 Å². The normalized spacial score (nSPS) is 10.9. The van der Waals surface area contributed by atoms with Gasteiger partial charge in [-0.25, -0.2) is 4.68 Å². The summed E-state index contributed by atoms with van der Waals surface area (Å²) in [5.74, 6) is -0.188. The maximum atomic E-state index is 12.5. The summed E-state index contributed by atoms with van der Waals surface area (Å²) in [6.07, 6.45) is 1.73. The Hall–Kier alpha value is -3.15. The highest BCUT2D eigenvalue weighted by atomic mass is 16.2. The van der Waals surface area contributed by atoms with Crippen molar-refractivity contribution in [3.63, 3.8) is 0 Å². The van der Waals surface area contributed by atoms with Crippen molar-refractivity contribution in [2.75, 3.05) is 5.32 Å². The van der Waals surface area contributed by atoms with Crippen LogP contribution in [0.4, 0.5) is 5.69 Å². The van der Waals surface area contributed by atoms with Crippen LogP contribution in [0, 0.1) is 0 Å². The molecule has 3 rings (SSSR count). The van der Waals surface area contributed by atoms with Gasteiger partial charge in [-0.15, -0.1) is 0 Å². The lowest BCUT2D eigenvalue weighted by Gasteiger charge is -2.14. The zero-order valence-electron chi connectivity index (χ0n) is 15.5. The number of carbonyl (C=O) groups excluding carboxylic acids is 1. The summed E-state index contributed by atoms with van der Waals surface area (Å²) in [5, 5.41) is 6.24. The average molecular weight is 365 g/mol. The topological polar surface area (TPSA) is 84.0 Å². The van der Waals surface area contributed by atoms with Crippen molar-refractivity contribution in [1.82, 2.24) is 9.78 Å². The lowest BCUT2D eigenvalue weighted by Crippen LogP contribution is -2.31. The van der Waals surface area contributed by atoms with E-state index in [0.29, 0.717) is 10.8 Å². The minimum Gasteiger partial charge on any atom is -0.326 e. The monoisotopic (exact) mass is 365 g/mol. The number of aryl methyl sites for hydroxylation is 3. The minimum atomic E-state index is -0.338. The van der Waals surface area contributed by atoms with Gasteiger partial charge in [0.1, 0.15) is 0 Å². The molecule has 0 aliphatic heterocycles. The smallest absolute Gasteiger partial charge is 0.273 e. The highest BCUT2D eigenvalue weighted by Crippen LogP contribution is 2.22. The van der Waals surface area contributed by atoms with Crippen LogP contribution in [0.15, 0.2) is 52.1 Å². The van der Waals surface area contributed by atoms with Gasteiger partial charge in [-0.1, -0.05) is 44.2 Å². The van der Waals surface area contributed by atoms with Crippen LogP contribution in [0.5, 0.6) is 0 Å². The molecule has 0 aliphatic carbocycles. The maximum absolute atomic E-state index is 12.5. The third-order valence-corrected chi connectivity index (χ3v) is 4.71. The summed E-state index contributed by atoms with van der Waals surface area (Å²) in [6.45, 7) is 4.20. The molecule has 0 atom stereocenters. The molecule has 0 fully saturated rings. The van der Waals surface area contributed by atoms with Crippen LogP contribution in [0.3, 0.4) is 0 Å². The van der Waals surface area contributed by atoms with Gasteiger partial charge in [0.15, 0.2) is 0 Å². The Morgan fingerprint density at radius 3 is 2.22 bits per heavy atom. The van der Waals surface area contributed by atoms with Crippen molar-refractivity contribution in [3.8, 4) is 0 Å². The molecule has 0 aliphatic rings. The third-order valence-electron chi connectivity index (χ3n) is 4.71. The van der Waals surface area contributed by atoms with Crippen molar-refractivity contribution in [2.24, 2.45) is 0 Å². The number of amides is 1. The van der Waals surface area contributed by atoms with Crippen molar-refractivity contribution < 1.29 is 4.79 Å². The number of H-pyrrole nitrogens is 1. The number of benzene rings is 2. The molecule has 1 amide bonds. The molecule has 2 N–H and O–H groups in total. The molecule has 0 bridgehead atoms. The van der Waals surface area contributed by atoms with E-state index in [9.17, 15) is 14.4 Å². The molecule has 1 heterocycles. The largest absolute Gasteiger partial charge is 0.326 e. The number of para-hydroxylation sites is 1. The van der Waals surface area contributed by atoms with Crippen LogP contribution < -0.4 is 16.4 Å². The molecule has 1 aromatic heterocycles. The van der Waals surface area contributed by atoms with E-state index in [1.165, 1.54) is 4.68 Å². The molecule has 0 unspecified atom stereocenters. The fourth-order valence-electron chi connectivity index (χ4n) is 3.22. The van der Waals surface area contributed by atoms with E-state index in [-0.39, 0.29) is 30.0 Å². The van der Waals surface area contributed by atoms with Crippen LogP contribution in [0.25, 0.3) is 10.8 Å². The second-order valence-corrected chi connectivity index (χ2v) is 6.40. The number of fused-ring (bicyclic) bond motifs is 1. The maximum Gasteiger partial charge on any atom is 0.273 e. The number of carbonyl (C=O) groups is 1. The molecule has 27 heavy (non-hydrogen) atoms. The van der Waals surface area contributed by atoms with Gasteiger partial charge in [0.2, 0.25) is 5.91 Å². The number of hydrogen-bond acceptors (Lipinski definition) is 3. The lowest BCUT2D eigenvalue weighted by atomic mass is 10.0. The Balaban J connectivity index is 1.80. The molecular weight excluding hydrogens is 342 g/mol. The summed E-state index contributed by atoms with van der Waals surface area (Å²) < 4.78 is 1.21. The number of rotatable bonds is 6. The first-order chi connectivity index (χ1) is 13.0. The fraction of sp³-hybridized carbons (Fsp3) is 0.286. The van der Waals surface area contributed by atoms with E-state index < -0.39 is 0 Å². The molecule has 6 nitrogen and oxygen atoms in total. The zero-order valence-corrected chi connectivity index (χ0v) is 15.5. The fourth-order valence-corrected chi connectivity index (χ4v) is 3.22. The number of nitrogens with zero attached hydrogens (tertiary/aromatic N) is 1. The second kappa shape index (κ2) is 8.03. The molecule has 2 aromatic carbocycles. The molecule has 0 spiro atoms. The van der Waals surface area contributed by atoms with Gasteiger partial charge in [0.25, 0.3) is 11.1 Å². The Morgan fingerprint density at radius 2 is 1.59 bits per heavy atom. The predicted molar refractivity (Wildman–Crippen MR) is 107 cm³/mol. The van der Waals surface area contributed by atoms with Crippen molar-refractivity contribution in [3.05, 3.63) is 74.3 Å². The molecule has 140 valence electrons. The quantitative estimate of drug-likeness (QED) is 0.704. The van der Waals surface area contributed by atoms with Crippen LogP contribution in [0.1, 0.15) is 31.4 Å². The SMILES string of the molecule is CCc1cccc(CC)c1NC(=O)CCn1[nH]c(=O)c2ccccc2c1=O. The van der Waals surface area contributed by atoms with Gasteiger partial charge >= 0.3 is 0 Å². The number of aromatic nitrogens is 2. The third kappa shape index (κ3) is 3.84. The van der Waals surface area contributed by atoms with E-state index in [1.54, 1.807) is 24.3 Å². The summed E-state index contributed by atoms with van der Waals surface area (Å²) >= 11 is 0. The first-order valence-corrected chi connectivity index (χ1v) is 9.17. The van der Waals surface area contributed by atoms with E-state index >= 15 is 0 Å². The van der Waals surface area contributed by atoms with E-state index in [0.717, 1.165) is 29.7 Å². The Kier molecular flexibility index (Phi) is 5.54. The van der Waals surface area contributed by atoms with Crippen molar-refractivity contribution in [1.29, 1.82) is 0 Å². The number of nitrogens with one attached hydrogen (secondary N) is 2. The summed E-state index contributed by atoms with van der Waals surface area (Å²) in [6, 6.07) is 12.7. The van der Waals surface area contributed by atoms with E-state index in [1.807, 2.05) is 32.0 Å². The summed E-state index contributed by atoms with van der Waals surface area (Å²) in [4.78, 5) is 37.1. The predicted octanol–water partition coefficient (Wildman–Crippen LogP) is 2.84.